The largest absolute Gasteiger partial charge is 0.307 e. The van der Waals surface area contributed by atoms with Crippen LogP contribution in [-0.2, 0) is 17.6 Å². The summed E-state index contributed by atoms with van der Waals surface area (Å²) in [6.45, 7) is 6.72. The third-order valence-electron chi connectivity index (χ3n) is 2.93. The molecule has 0 amide bonds. The fourth-order valence-electron chi connectivity index (χ4n) is 1.47. The monoisotopic (exact) mass is 234 g/mol. The molecule has 0 aliphatic rings. The normalized spacial score (nSPS) is 12.4. The third kappa shape index (κ3) is 5.09. The Kier molecular flexibility index (Phi) is 5.84. The summed E-state index contributed by atoms with van der Waals surface area (Å²) in [5, 5.41) is 3.20. The van der Waals surface area contributed by atoms with Gasteiger partial charge in [0.2, 0.25) is 0 Å². The van der Waals surface area contributed by atoms with Gasteiger partial charge in [-0.3, -0.25) is 9.78 Å². The first-order valence-corrected chi connectivity index (χ1v) is 6.34. The maximum Gasteiger partial charge on any atom is 0.152 e. The van der Waals surface area contributed by atoms with Crippen molar-refractivity contribution in [3.05, 3.63) is 29.6 Å². The smallest absolute Gasteiger partial charge is 0.152 e. The van der Waals surface area contributed by atoms with E-state index >= 15 is 0 Å². The molecule has 3 heteroatoms. The van der Waals surface area contributed by atoms with Crippen LogP contribution in [0.3, 0.4) is 0 Å². The molecular formula is C14H22N2O. The second kappa shape index (κ2) is 7.17. The van der Waals surface area contributed by atoms with E-state index in [1.807, 2.05) is 18.3 Å². The molecule has 0 fully saturated rings. The summed E-state index contributed by atoms with van der Waals surface area (Å²) in [5.74, 6) is 0.196. The van der Waals surface area contributed by atoms with Gasteiger partial charge in [0.15, 0.2) is 5.78 Å². The van der Waals surface area contributed by atoms with E-state index in [0.717, 1.165) is 18.5 Å². The van der Waals surface area contributed by atoms with Crippen LogP contribution in [0.4, 0.5) is 0 Å². The minimum atomic E-state index is 0.196. The highest BCUT2D eigenvalue weighted by atomic mass is 16.1. The van der Waals surface area contributed by atoms with E-state index in [4.69, 9.17) is 0 Å². The summed E-state index contributed by atoms with van der Waals surface area (Å²) < 4.78 is 0. The van der Waals surface area contributed by atoms with Crippen molar-refractivity contribution in [2.24, 2.45) is 0 Å². The maximum absolute atomic E-state index is 11.7. The number of nitrogens with one attached hydrogen (secondary N) is 1. The summed E-state index contributed by atoms with van der Waals surface area (Å²) in [7, 11) is 0. The van der Waals surface area contributed by atoms with Crippen LogP contribution in [0.5, 0.6) is 0 Å². The lowest BCUT2D eigenvalue weighted by Gasteiger charge is -2.10. The molecule has 0 aromatic carbocycles. The summed E-state index contributed by atoms with van der Waals surface area (Å²) in [6, 6.07) is 4.38. The van der Waals surface area contributed by atoms with Gasteiger partial charge in [0.1, 0.15) is 0 Å². The zero-order chi connectivity index (χ0) is 12.7. The number of nitrogens with zero attached hydrogens (tertiary/aromatic N) is 1. The van der Waals surface area contributed by atoms with Gasteiger partial charge in [0, 0.05) is 17.9 Å². The predicted molar refractivity (Wildman–Crippen MR) is 70.1 cm³/mol. The van der Waals surface area contributed by atoms with Gasteiger partial charge in [0.05, 0.1) is 13.0 Å². The molecule has 1 N–H and O–H groups in total. The van der Waals surface area contributed by atoms with E-state index in [9.17, 15) is 4.79 Å². The van der Waals surface area contributed by atoms with Crippen LogP contribution in [-0.4, -0.2) is 23.4 Å². The van der Waals surface area contributed by atoms with Gasteiger partial charge in [-0.05, 0) is 31.4 Å². The first-order valence-electron chi connectivity index (χ1n) is 6.34. The number of ketones is 1. The first kappa shape index (κ1) is 13.8. The van der Waals surface area contributed by atoms with Gasteiger partial charge in [-0.25, -0.2) is 0 Å². The van der Waals surface area contributed by atoms with E-state index in [1.165, 1.54) is 5.56 Å². The molecule has 1 heterocycles. The van der Waals surface area contributed by atoms with Crippen LogP contribution in [0.2, 0.25) is 0 Å². The highest BCUT2D eigenvalue weighted by Gasteiger charge is 2.06. The molecule has 1 atom stereocenters. The van der Waals surface area contributed by atoms with Crippen LogP contribution in [0, 0.1) is 0 Å². The van der Waals surface area contributed by atoms with E-state index < -0.39 is 0 Å². The van der Waals surface area contributed by atoms with Crippen LogP contribution in [0.15, 0.2) is 18.3 Å². The lowest BCUT2D eigenvalue weighted by molar-refractivity contribution is -0.117. The zero-order valence-electron chi connectivity index (χ0n) is 11.0. The fraction of sp³-hybridized carbons (Fsp3) is 0.571. The van der Waals surface area contributed by atoms with Crippen molar-refractivity contribution in [2.75, 3.05) is 6.54 Å². The average molecular weight is 234 g/mol. The zero-order valence-corrected chi connectivity index (χ0v) is 11.0. The molecule has 94 valence electrons. The third-order valence-corrected chi connectivity index (χ3v) is 2.93. The second-order valence-corrected chi connectivity index (χ2v) is 4.42. The Morgan fingerprint density at radius 2 is 2.18 bits per heavy atom. The van der Waals surface area contributed by atoms with E-state index in [-0.39, 0.29) is 5.78 Å². The Hall–Kier alpha value is -1.22. The van der Waals surface area contributed by atoms with Gasteiger partial charge < -0.3 is 5.32 Å². The molecule has 1 aromatic heterocycles. The summed E-state index contributed by atoms with van der Waals surface area (Å²) in [5.41, 5.74) is 2.07. The van der Waals surface area contributed by atoms with Crippen molar-refractivity contribution in [1.82, 2.24) is 10.3 Å². The number of aromatic nitrogens is 1. The summed E-state index contributed by atoms with van der Waals surface area (Å²) in [6.07, 6.45) is 4.30. The number of aryl methyl sites for hydroxylation is 1. The number of carbonyl (C=O) groups excluding carboxylic acids is 1. The number of carbonyl (C=O) groups is 1. The van der Waals surface area contributed by atoms with Crippen molar-refractivity contribution >= 4 is 5.78 Å². The maximum atomic E-state index is 11.7. The lowest BCUT2D eigenvalue weighted by atomic mass is 10.1. The Balaban J connectivity index is 2.39. The van der Waals surface area contributed by atoms with Gasteiger partial charge in [-0.15, -0.1) is 0 Å². The van der Waals surface area contributed by atoms with Crippen LogP contribution in [0.1, 0.15) is 38.4 Å². The van der Waals surface area contributed by atoms with E-state index in [2.05, 4.69) is 31.1 Å². The Bertz CT molecular complexity index is 346. The molecule has 0 radical (unpaired) electrons. The minimum Gasteiger partial charge on any atom is -0.307 e. The topological polar surface area (TPSA) is 42.0 Å². The van der Waals surface area contributed by atoms with Crippen molar-refractivity contribution in [1.29, 1.82) is 0 Å². The second-order valence-electron chi connectivity index (χ2n) is 4.42. The molecule has 0 aliphatic carbocycles. The van der Waals surface area contributed by atoms with Gasteiger partial charge in [-0.1, -0.05) is 19.9 Å². The highest BCUT2D eigenvalue weighted by Crippen LogP contribution is 2.02. The Morgan fingerprint density at radius 1 is 1.41 bits per heavy atom. The summed E-state index contributed by atoms with van der Waals surface area (Å²) >= 11 is 0. The Morgan fingerprint density at radius 3 is 2.71 bits per heavy atom. The standard InChI is InChI=1S/C14H22N2O/c1-4-11(3)15-10-14(17)8-13-7-6-12(5-2)9-16-13/h6-7,9,11,15H,4-5,8,10H2,1-3H3. The van der Waals surface area contributed by atoms with Crippen molar-refractivity contribution in [2.45, 2.75) is 46.1 Å². The average Bonchev–Trinajstić information content (AvgIpc) is 2.36. The van der Waals surface area contributed by atoms with Crippen LogP contribution < -0.4 is 5.32 Å². The molecule has 1 aromatic rings. The number of pyridine rings is 1. The predicted octanol–water partition coefficient (Wildman–Crippen LogP) is 2.14. The fourth-order valence-corrected chi connectivity index (χ4v) is 1.47. The molecule has 0 spiro atoms. The van der Waals surface area contributed by atoms with Crippen LogP contribution >= 0.6 is 0 Å². The highest BCUT2D eigenvalue weighted by molar-refractivity contribution is 5.82. The van der Waals surface area contributed by atoms with Crippen molar-refractivity contribution < 1.29 is 4.79 Å². The molecule has 0 saturated heterocycles. The lowest BCUT2D eigenvalue weighted by Crippen LogP contribution is -2.31. The molecule has 0 saturated carbocycles. The quantitative estimate of drug-likeness (QED) is 0.786. The van der Waals surface area contributed by atoms with Crippen molar-refractivity contribution in [3.63, 3.8) is 0 Å². The number of Topliss-reactive ketones (excluding diaryl/α,β-unsaturated/α-hetero) is 1. The van der Waals surface area contributed by atoms with E-state index in [0.29, 0.717) is 19.0 Å². The molecule has 3 nitrogen and oxygen atoms in total. The van der Waals surface area contributed by atoms with Gasteiger partial charge in [-0.2, -0.15) is 0 Å². The first-order chi connectivity index (χ1) is 8.15. The van der Waals surface area contributed by atoms with E-state index in [1.54, 1.807) is 0 Å². The molecular weight excluding hydrogens is 212 g/mol. The van der Waals surface area contributed by atoms with Crippen LogP contribution in [0.25, 0.3) is 0 Å². The van der Waals surface area contributed by atoms with Gasteiger partial charge in [0.25, 0.3) is 0 Å². The number of hydrogen-bond acceptors (Lipinski definition) is 3. The number of rotatable bonds is 7. The van der Waals surface area contributed by atoms with Crippen molar-refractivity contribution in [3.8, 4) is 0 Å². The minimum absolute atomic E-state index is 0.196. The number of hydrogen-bond donors (Lipinski definition) is 1. The van der Waals surface area contributed by atoms with Gasteiger partial charge >= 0.3 is 0 Å². The molecule has 1 rings (SSSR count). The Labute approximate surface area is 104 Å². The molecule has 17 heavy (non-hydrogen) atoms. The molecule has 0 aliphatic heterocycles. The SMILES string of the molecule is CCc1ccc(CC(=O)CNC(C)CC)nc1. The summed E-state index contributed by atoms with van der Waals surface area (Å²) in [4.78, 5) is 16.0. The molecule has 1 unspecified atom stereocenters. The molecule has 0 bridgehead atoms.